The smallest absolute Gasteiger partial charge is 0.253 e. The molecule has 9 heteroatoms. The maximum atomic E-state index is 13.4. The van der Waals surface area contributed by atoms with Crippen LogP contribution in [0.25, 0.3) is 0 Å². The summed E-state index contributed by atoms with van der Waals surface area (Å²) >= 11 is 11.3. The Hall–Kier alpha value is -1.60. The number of rotatable bonds is 2. The van der Waals surface area contributed by atoms with Crippen LogP contribution in [0.5, 0.6) is 0 Å². The molecule has 0 saturated carbocycles. The minimum atomic E-state index is -1.85. The lowest BCUT2D eigenvalue weighted by molar-refractivity contribution is 0.411. The zero-order valence-corrected chi connectivity index (χ0v) is 10.8. The van der Waals surface area contributed by atoms with Crippen LogP contribution in [0.3, 0.4) is 0 Å². The molecule has 0 fully saturated rings. The number of benzene rings is 1. The maximum Gasteiger partial charge on any atom is 0.253 e. The molecule has 0 aliphatic carbocycles. The molecule has 1 aromatic heterocycles. The number of pyridine rings is 1. The third-order valence-electron chi connectivity index (χ3n) is 2.25. The van der Waals surface area contributed by atoms with Gasteiger partial charge in [-0.25, -0.2) is 4.39 Å². The third kappa shape index (κ3) is 2.64. The Morgan fingerprint density at radius 1 is 0.800 bits per heavy atom. The summed E-state index contributed by atoms with van der Waals surface area (Å²) in [7, 11) is 0. The van der Waals surface area contributed by atoms with Crippen molar-refractivity contribution in [2.75, 3.05) is 5.32 Å². The average molecular weight is 329 g/mol. The van der Waals surface area contributed by atoms with E-state index >= 15 is 0 Å². The Kier molecular flexibility index (Phi) is 4.01. The molecule has 1 heterocycles. The van der Waals surface area contributed by atoms with Gasteiger partial charge >= 0.3 is 0 Å². The lowest BCUT2D eigenvalue weighted by Crippen LogP contribution is -2.06. The van der Waals surface area contributed by atoms with E-state index in [2.05, 4.69) is 4.98 Å². The Balaban J connectivity index is 2.56. The standard InChI is InChI=1S/C11H3Cl2F5N2/c12-4-1-3(14)2-5(13)8(4)19-9-6(15)10(17)20-11(18)7(9)16/h1-2H,(H,19,20). The molecular weight excluding hydrogens is 326 g/mol. The number of anilines is 2. The van der Waals surface area contributed by atoms with Gasteiger partial charge in [-0.1, -0.05) is 23.2 Å². The highest BCUT2D eigenvalue weighted by atomic mass is 35.5. The summed E-state index contributed by atoms with van der Waals surface area (Å²) in [5.74, 6) is -8.01. The quantitative estimate of drug-likeness (QED) is 0.631. The molecule has 0 unspecified atom stereocenters. The molecule has 0 atom stereocenters. The highest BCUT2D eigenvalue weighted by Gasteiger charge is 2.22. The van der Waals surface area contributed by atoms with Gasteiger partial charge in [0.25, 0.3) is 11.9 Å². The van der Waals surface area contributed by atoms with E-state index in [0.717, 1.165) is 12.1 Å². The van der Waals surface area contributed by atoms with E-state index in [1.54, 1.807) is 0 Å². The van der Waals surface area contributed by atoms with E-state index in [1.165, 1.54) is 0 Å². The second-order valence-electron chi connectivity index (χ2n) is 3.57. The minimum absolute atomic E-state index is 0.308. The molecule has 0 spiro atoms. The van der Waals surface area contributed by atoms with Crippen LogP contribution in [0.2, 0.25) is 10.0 Å². The lowest BCUT2D eigenvalue weighted by atomic mass is 10.2. The van der Waals surface area contributed by atoms with Crippen molar-refractivity contribution >= 4 is 34.6 Å². The van der Waals surface area contributed by atoms with Crippen molar-refractivity contribution in [2.24, 2.45) is 0 Å². The van der Waals surface area contributed by atoms with Crippen molar-refractivity contribution in [3.63, 3.8) is 0 Å². The summed E-state index contributed by atoms with van der Waals surface area (Å²) in [6.45, 7) is 0. The van der Waals surface area contributed by atoms with E-state index in [1.807, 2.05) is 5.32 Å². The van der Waals surface area contributed by atoms with Crippen LogP contribution in [0.15, 0.2) is 12.1 Å². The van der Waals surface area contributed by atoms with Gasteiger partial charge in [-0.2, -0.15) is 22.5 Å². The van der Waals surface area contributed by atoms with Gasteiger partial charge in [0, 0.05) is 0 Å². The first-order chi connectivity index (χ1) is 9.31. The second-order valence-corrected chi connectivity index (χ2v) is 4.38. The molecule has 20 heavy (non-hydrogen) atoms. The maximum absolute atomic E-state index is 13.4. The van der Waals surface area contributed by atoms with Gasteiger partial charge in [-0.05, 0) is 12.1 Å². The summed E-state index contributed by atoms with van der Waals surface area (Å²) in [4.78, 5) is 2.38. The molecule has 1 aromatic carbocycles. The molecule has 1 N–H and O–H groups in total. The highest BCUT2D eigenvalue weighted by Crippen LogP contribution is 2.35. The van der Waals surface area contributed by atoms with Crippen LogP contribution in [0.1, 0.15) is 0 Å². The summed E-state index contributed by atoms with van der Waals surface area (Å²) < 4.78 is 65.6. The van der Waals surface area contributed by atoms with Gasteiger partial charge in [-0.3, -0.25) is 0 Å². The number of aromatic nitrogens is 1. The van der Waals surface area contributed by atoms with Crippen LogP contribution in [0.4, 0.5) is 33.3 Å². The number of nitrogens with one attached hydrogen (secondary N) is 1. The number of hydrogen-bond donors (Lipinski definition) is 1. The Bertz CT molecular complexity index is 644. The molecule has 0 aliphatic rings. The van der Waals surface area contributed by atoms with Crippen LogP contribution in [0, 0.1) is 29.3 Å². The van der Waals surface area contributed by atoms with Crippen LogP contribution < -0.4 is 5.32 Å². The van der Waals surface area contributed by atoms with Crippen LogP contribution in [-0.4, -0.2) is 4.98 Å². The van der Waals surface area contributed by atoms with Crippen molar-refractivity contribution in [2.45, 2.75) is 0 Å². The van der Waals surface area contributed by atoms with Crippen LogP contribution >= 0.6 is 23.2 Å². The summed E-state index contributed by atoms with van der Waals surface area (Å²) in [6, 6.07) is 1.61. The molecular formula is C11H3Cl2F5N2. The fourth-order valence-electron chi connectivity index (χ4n) is 1.38. The van der Waals surface area contributed by atoms with Gasteiger partial charge in [-0.15, -0.1) is 0 Å². The SMILES string of the molecule is Fc1cc(Cl)c(Nc2c(F)c(F)nc(F)c2F)c(Cl)c1. The van der Waals surface area contributed by atoms with Crippen LogP contribution in [-0.2, 0) is 0 Å². The molecule has 2 aromatic rings. The molecule has 0 aliphatic heterocycles. The zero-order valence-electron chi connectivity index (χ0n) is 9.25. The Morgan fingerprint density at radius 3 is 1.70 bits per heavy atom. The van der Waals surface area contributed by atoms with Gasteiger partial charge < -0.3 is 5.32 Å². The van der Waals surface area contributed by atoms with E-state index in [0.29, 0.717) is 0 Å². The first-order valence-electron chi connectivity index (χ1n) is 4.92. The van der Waals surface area contributed by atoms with Gasteiger partial charge in [0.1, 0.15) is 11.5 Å². The predicted molar refractivity (Wildman–Crippen MR) is 63.8 cm³/mol. The van der Waals surface area contributed by atoms with Crippen molar-refractivity contribution in [1.29, 1.82) is 0 Å². The molecule has 2 nitrogen and oxygen atoms in total. The van der Waals surface area contributed by atoms with Gasteiger partial charge in [0.05, 0.1) is 15.7 Å². The normalized spacial score (nSPS) is 10.8. The Morgan fingerprint density at radius 2 is 1.25 bits per heavy atom. The first kappa shape index (κ1) is 14.8. The number of halogens is 7. The molecule has 2 rings (SSSR count). The minimum Gasteiger partial charge on any atom is -0.348 e. The topological polar surface area (TPSA) is 24.9 Å². The van der Waals surface area contributed by atoms with Gasteiger partial charge in [0.2, 0.25) is 11.6 Å². The van der Waals surface area contributed by atoms with Crippen molar-refractivity contribution in [3.05, 3.63) is 51.5 Å². The fourth-order valence-corrected chi connectivity index (χ4v) is 1.94. The van der Waals surface area contributed by atoms with Crippen molar-refractivity contribution in [1.82, 2.24) is 4.98 Å². The number of hydrogen-bond acceptors (Lipinski definition) is 2. The molecule has 0 bridgehead atoms. The summed E-state index contributed by atoms with van der Waals surface area (Å²) in [6.07, 6.45) is 0. The average Bonchev–Trinajstić information content (AvgIpc) is 2.34. The summed E-state index contributed by atoms with van der Waals surface area (Å²) in [5, 5.41) is 1.33. The van der Waals surface area contributed by atoms with E-state index < -0.39 is 35.0 Å². The lowest BCUT2D eigenvalue weighted by Gasteiger charge is -2.12. The molecule has 106 valence electrons. The predicted octanol–water partition coefficient (Wildman–Crippen LogP) is 4.83. The number of nitrogens with zero attached hydrogens (tertiary/aromatic N) is 1. The molecule has 0 amide bonds. The first-order valence-corrected chi connectivity index (χ1v) is 5.68. The largest absolute Gasteiger partial charge is 0.348 e. The van der Waals surface area contributed by atoms with E-state index in [4.69, 9.17) is 23.2 Å². The Labute approximate surface area is 119 Å². The van der Waals surface area contributed by atoms with Gasteiger partial charge in [0.15, 0.2) is 0 Å². The monoisotopic (exact) mass is 328 g/mol. The van der Waals surface area contributed by atoms with Crippen molar-refractivity contribution in [3.8, 4) is 0 Å². The third-order valence-corrected chi connectivity index (χ3v) is 2.85. The zero-order chi connectivity index (χ0) is 15.0. The molecule has 0 saturated heterocycles. The van der Waals surface area contributed by atoms with E-state index in [-0.39, 0.29) is 15.7 Å². The fraction of sp³-hybridized carbons (Fsp3) is 0. The second kappa shape index (κ2) is 5.41. The summed E-state index contributed by atoms with van der Waals surface area (Å²) in [5.41, 5.74) is -1.48. The molecule has 0 radical (unpaired) electrons. The van der Waals surface area contributed by atoms with Crippen molar-refractivity contribution < 1.29 is 22.0 Å². The highest BCUT2D eigenvalue weighted by molar-refractivity contribution is 6.39. The van der Waals surface area contributed by atoms with E-state index in [9.17, 15) is 22.0 Å².